The van der Waals surface area contributed by atoms with Crippen LogP contribution in [0.5, 0.6) is 17.2 Å². The maximum absolute atomic E-state index is 12.2. The molecule has 2 saturated heterocycles. The van der Waals surface area contributed by atoms with Gasteiger partial charge in [0.05, 0.1) is 14.2 Å². The van der Waals surface area contributed by atoms with Crippen LogP contribution in [-0.4, -0.2) is 93.0 Å². The van der Waals surface area contributed by atoms with E-state index in [1.807, 2.05) is 18.2 Å². The highest BCUT2D eigenvalue weighted by Crippen LogP contribution is 2.31. The van der Waals surface area contributed by atoms with Crippen LogP contribution in [-0.2, 0) is 0 Å². The number of hydrogen-bond acceptors (Lipinski definition) is 7. The van der Waals surface area contributed by atoms with Crippen LogP contribution in [0.1, 0.15) is 103 Å². The van der Waals surface area contributed by atoms with E-state index in [1.165, 1.54) is 160 Å². The van der Waals surface area contributed by atoms with E-state index < -0.39 is 6.36 Å². The molecule has 4 fully saturated rings. The molecular formula is C45H69F3N6O3S2. The Bertz CT molecular complexity index is 1530. The molecule has 59 heavy (non-hydrogen) atoms. The molecule has 2 saturated carbocycles. The Kier molecular flexibility index (Phi) is 19.9. The first-order chi connectivity index (χ1) is 28.5. The number of halogens is 3. The van der Waals surface area contributed by atoms with Gasteiger partial charge in [-0.3, -0.25) is 0 Å². The van der Waals surface area contributed by atoms with E-state index in [2.05, 4.69) is 35.8 Å². The Labute approximate surface area is 362 Å². The predicted octanol–water partition coefficient (Wildman–Crippen LogP) is 10.2. The number of nitrogens with zero attached hydrogens (tertiary/aromatic N) is 2. The Balaban J connectivity index is 0.000000224. The Morgan fingerprint density at radius 1 is 0.593 bits per heavy atom. The zero-order valence-electron chi connectivity index (χ0n) is 35.4. The molecule has 0 unspecified atom stereocenters. The topological polar surface area (TPSA) is 82.3 Å². The first kappa shape index (κ1) is 47.0. The van der Waals surface area contributed by atoms with Gasteiger partial charge in [-0.1, -0.05) is 38.5 Å². The number of rotatable bonds is 15. The van der Waals surface area contributed by atoms with Gasteiger partial charge in [-0.2, -0.15) is 0 Å². The van der Waals surface area contributed by atoms with Gasteiger partial charge < -0.3 is 45.3 Å². The third-order valence-electron chi connectivity index (χ3n) is 12.6. The number of nitrogens with one attached hydrogen (secondary N) is 4. The molecule has 0 bridgehead atoms. The maximum atomic E-state index is 12.2. The van der Waals surface area contributed by atoms with Crippen molar-refractivity contribution >= 4 is 46.0 Å². The van der Waals surface area contributed by atoms with E-state index in [1.54, 1.807) is 14.2 Å². The average Bonchev–Trinajstić information content (AvgIpc) is 3.23. The molecule has 4 aliphatic rings. The summed E-state index contributed by atoms with van der Waals surface area (Å²) in [5.74, 6) is 4.57. The molecule has 0 amide bonds. The van der Waals surface area contributed by atoms with Crippen molar-refractivity contribution in [3.05, 3.63) is 42.5 Å². The van der Waals surface area contributed by atoms with Crippen molar-refractivity contribution in [3.63, 3.8) is 0 Å². The second-order valence-corrected chi connectivity index (χ2v) is 17.8. The molecule has 4 N–H and O–H groups in total. The highest BCUT2D eigenvalue weighted by atomic mass is 32.1. The summed E-state index contributed by atoms with van der Waals surface area (Å²) < 4.78 is 51.1. The summed E-state index contributed by atoms with van der Waals surface area (Å²) in [6.45, 7) is 9.30. The zero-order valence-corrected chi connectivity index (χ0v) is 37.0. The number of ether oxygens (including phenoxy) is 3. The lowest BCUT2D eigenvalue weighted by Gasteiger charge is -2.35. The normalized spacial score (nSPS) is 19.2. The third-order valence-corrected chi connectivity index (χ3v) is 13.1. The minimum Gasteiger partial charge on any atom is -0.493 e. The van der Waals surface area contributed by atoms with Crippen molar-refractivity contribution in [1.29, 1.82) is 0 Å². The molecule has 9 nitrogen and oxygen atoms in total. The molecule has 0 atom stereocenters. The molecular weight excluding hydrogens is 794 g/mol. The standard InChI is InChI=1S/C23H37N3O2S.C22H32F3N3OS/c1-27-21-9-8-20(16-22(21)28-2)25-23(29)24-13-10-18-11-14-26(15-12-18)17-19-6-4-3-5-7-19;23-22(24,25)29-20-8-6-19(7-9-20)27-21(30)26-13-10-17-11-14-28(15-12-17)16-18-4-2-1-3-5-18/h8-9,16,18-19H,3-7,10-15,17H2,1-2H3,(H2,24,25,29);6-9,17-18H,1-5,10-16H2,(H2,26,27,30). The van der Waals surface area contributed by atoms with Crippen molar-refractivity contribution in [1.82, 2.24) is 20.4 Å². The van der Waals surface area contributed by atoms with Gasteiger partial charge in [0.15, 0.2) is 21.7 Å². The molecule has 2 aliphatic heterocycles. The molecule has 0 spiro atoms. The van der Waals surface area contributed by atoms with E-state index in [0.29, 0.717) is 27.4 Å². The van der Waals surface area contributed by atoms with Gasteiger partial charge in [-0.15, -0.1) is 13.2 Å². The molecule has 2 aromatic rings. The Morgan fingerprint density at radius 3 is 1.47 bits per heavy atom. The lowest BCUT2D eigenvalue weighted by Crippen LogP contribution is -2.38. The van der Waals surface area contributed by atoms with Crippen molar-refractivity contribution in [2.45, 2.75) is 109 Å². The lowest BCUT2D eigenvalue weighted by atomic mass is 9.87. The molecule has 0 aromatic heterocycles. The van der Waals surface area contributed by atoms with Gasteiger partial charge in [0, 0.05) is 43.6 Å². The Morgan fingerprint density at radius 2 is 1.03 bits per heavy atom. The van der Waals surface area contributed by atoms with Gasteiger partial charge >= 0.3 is 6.36 Å². The quantitative estimate of drug-likeness (QED) is 0.129. The minimum absolute atomic E-state index is 0.248. The number of likely N-dealkylation sites (tertiary alicyclic amines) is 2. The average molecular weight is 863 g/mol. The highest BCUT2D eigenvalue weighted by Gasteiger charge is 2.31. The van der Waals surface area contributed by atoms with E-state index in [9.17, 15) is 13.2 Å². The van der Waals surface area contributed by atoms with Crippen molar-refractivity contribution < 1.29 is 27.4 Å². The SMILES string of the molecule is COc1ccc(NC(=S)NCCC2CCN(CC3CCCCC3)CC2)cc1OC.FC(F)(F)Oc1ccc(NC(=S)NCCC2CCN(CC3CCCCC3)CC2)cc1. The van der Waals surface area contributed by atoms with Crippen molar-refractivity contribution in [3.8, 4) is 17.2 Å². The number of piperidine rings is 2. The first-order valence-corrected chi connectivity index (χ1v) is 23.0. The monoisotopic (exact) mass is 862 g/mol. The maximum Gasteiger partial charge on any atom is 0.573 e. The van der Waals surface area contributed by atoms with Gasteiger partial charge in [-0.25, -0.2) is 0 Å². The number of benzene rings is 2. The van der Waals surface area contributed by atoms with E-state index >= 15 is 0 Å². The minimum atomic E-state index is -4.68. The van der Waals surface area contributed by atoms with Crippen LogP contribution in [0.25, 0.3) is 0 Å². The molecule has 14 heteroatoms. The van der Waals surface area contributed by atoms with Gasteiger partial charge in [-0.05, 0) is 175 Å². The number of thiocarbonyl (C=S) groups is 2. The van der Waals surface area contributed by atoms with Crippen LogP contribution in [0.3, 0.4) is 0 Å². The Hall–Kier alpha value is -3.07. The van der Waals surface area contributed by atoms with Gasteiger partial charge in [0.25, 0.3) is 0 Å². The summed E-state index contributed by atoms with van der Waals surface area (Å²) >= 11 is 10.7. The molecule has 330 valence electrons. The third kappa shape index (κ3) is 17.8. The smallest absolute Gasteiger partial charge is 0.493 e. The van der Waals surface area contributed by atoms with E-state index in [-0.39, 0.29) is 5.75 Å². The molecule has 6 rings (SSSR count). The molecule has 2 heterocycles. The van der Waals surface area contributed by atoms with Gasteiger partial charge in [0.2, 0.25) is 0 Å². The van der Waals surface area contributed by atoms with E-state index in [0.717, 1.165) is 48.9 Å². The lowest BCUT2D eigenvalue weighted by molar-refractivity contribution is -0.274. The molecule has 2 aliphatic carbocycles. The van der Waals surface area contributed by atoms with Crippen LogP contribution in [0.4, 0.5) is 24.5 Å². The summed E-state index contributed by atoms with van der Waals surface area (Å²) in [4.78, 5) is 5.36. The zero-order chi connectivity index (χ0) is 41.9. The van der Waals surface area contributed by atoms with Crippen LogP contribution < -0.4 is 35.5 Å². The summed E-state index contributed by atoms with van der Waals surface area (Å²) in [7, 11) is 3.27. The fraction of sp³-hybridized carbons (Fsp3) is 0.689. The second kappa shape index (κ2) is 25.0. The first-order valence-electron chi connectivity index (χ1n) is 22.2. The second-order valence-electron chi connectivity index (χ2n) is 17.0. The van der Waals surface area contributed by atoms with Crippen molar-refractivity contribution in [2.24, 2.45) is 23.7 Å². The van der Waals surface area contributed by atoms with Gasteiger partial charge in [0.1, 0.15) is 5.75 Å². The van der Waals surface area contributed by atoms with Crippen LogP contribution >= 0.6 is 24.4 Å². The summed E-state index contributed by atoms with van der Waals surface area (Å²) in [5, 5.41) is 13.9. The largest absolute Gasteiger partial charge is 0.573 e. The number of alkyl halides is 3. The van der Waals surface area contributed by atoms with Crippen LogP contribution in [0.2, 0.25) is 0 Å². The molecule has 0 radical (unpaired) electrons. The number of anilines is 2. The molecule has 2 aromatic carbocycles. The predicted molar refractivity (Wildman–Crippen MR) is 242 cm³/mol. The van der Waals surface area contributed by atoms with Crippen LogP contribution in [0, 0.1) is 23.7 Å². The summed E-state index contributed by atoms with van der Waals surface area (Å²) in [5.41, 5.74) is 1.52. The van der Waals surface area contributed by atoms with E-state index in [4.69, 9.17) is 33.9 Å². The summed E-state index contributed by atoms with van der Waals surface area (Å²) in [6, 6.07) is 11.3. The van der Waals surface area contributed by atoms with Crippen LogP contribution in [0.15, 0.2) is 42.5 Å². The summed E-state index contributed by atoms with van der Waals surface area (Å²) in [6.07, 6.45) is 17.0. The fourth-order valence-corrected chi connectivity index (χ4v) is 9.61. The van der Waals surface area contributed by atoms with Crippen molar-refractivity contribution in [2.75, 3.05) is 77.2 Å². The fourth-order valence-electron chi connectivity index (χ4n) is 9.17. The number of hydrogen-bond donors (Lipinski definition) is 4. The number of methoxy groups -OCH3 is 2. The highest BCUT2D eigenvalue weighted by molar-refractivity contribution is 7.80.